The monoisotopic (exact) mass is 518 g/mol. The molecule has 2 aromatic carbocycles. The van der Waals surface area contributed by atoms with E-state index in [-0.39, 0.29) is 49.0 Å². The fourth-order valence-electron chi connectivity index (χ4n) is 3.95. The molecule has 186 valence electrons. The molecule has 6 nitrogen and oxygen atoms in total. The molecule has 0 radical (unpaired) electrons. The van der Waals surface area contributed by atoms with Gasteiger partial charge in [-0.1, -0.05) is 24.3 Å². The normalized spacial score (nSPS) is 12.2. The molecule has 9 heteroatoms. The number of hydrogen-bond donors (Lipinski definition) is 3. The number of nitrogens with two attached hydrogens (primary N) is 1. The average molecular weight is 520 g/mol. The zero-order valence-corrected chi connectivity index (χ0v) is 21.5. The van der Waals surface area contributed by atoms with Crippen molar-refractivity contribution in [2.24, 2.45) is 5.73 Å². The van der Waals surface area contributed by atoms with Crippen molar-refractivity contribution in [3.05, 3.63) is 47.5 Å². The van der Waals surface area contributed by atoms with E-state index in [0.717, 1.165) is 82.0 Å². The van der Waals surface area contributed by atoms with Crippen LogP contribution in [0.15, 0.2) is 36.4 Å². The minimum absolute atomic E-state index is 0. The maximum Gasteiger partial charge on any atom is 0.261 e. The smallest absolute Gasteiger partial charge is 0.261 e. The van der Waals surface area contributed by atoms with E-state index in [1.54, 1.807) is 0 Å². The Morgan fingerprint density at radius 3 is 1.61 bits per heavy atom. The molecule has 2 aromatic rings. The minimum Gasteiger partial charge on any atom is -0.330 e. The quantitative estimate of drug-likeness (QED) is 0.257. The lowest BCUT2D eigenvalue weighted by atomic mass is 9.94. The Bertz CT molecular complexity index is 816. The summed E-state index contributed by atoms with van der Waals surface area (Å²) in [5, 5.41) is 8.63. The summed E-state index contributed by atoms with van der Waals surface area (Å²) in [6, 6.07) is 11.3. The number of carbonyl (C=O) groups is 2. The number of benzene rings is 2. The Morgan fingerprint density at radius 2 is 1.12 bits per heavy atom. The van der Waals surface area contributed by atoms with Crippen molar-refractivity contribution in [1.29, 1.82) is 0 Å². The lowest BCUT2D eigenvalue weighted by Gasteiger charge is -2.27. The number of rotatable bonds is 14. The van der Waals surface area contributed by atoms with E-state index in [9.17, 15) is 9.59 Å². The Labute approximate surface area is 215 Å². The highest BCUT2D eigenvalue weighted by molar-refractivity contribution is 6.25. The van der Waals surface area contributed by atoms with Gasteiger partial charge in [0, 0.05) is 23.1 Å². The second-order valence-corrected chi connectivity index (χ2v) is 7.88. The zero-order chi connectivity index (χ0) is 21.2. The van der Waals surface area contributed by atoms with E-state index in [4.69, 9.17) is 5.73 Å². The summed E-state index contributed by atoms with van der Waals surface area (Å²) < 4.78 is 0. The molecule has 0 bridgehead atoms. The highest BCUT2D eigenvalue weighted by Crippen LogP contribution is 2.29. The molecule has 1 heterocycles. The summed E-state index contributed by atoms with van der Waals surface area (Å²) in [6.45, 7) is 5.26. The molecule has 0 aliphatic carbocycles. The van der Waals surface area contributed by atoms with Gasteiger partial charge >= 0.3 is 0 Å². The van der Waals surface area contributed by atoms with Gasteiger partial charge in [-0.15, -0.1) is 37.2 Å². The van der Waals surface area contributed by atoms with E-state index in [2.05, 4.69) is 10.6 Å². The van der Waals surface area contributed by atoms with Gasteiger partial charge < -0.3 is 16.4 Å². The van der Waals surface area contributed by atoms with Crippen molar-refractivity contribution in [3.63, 3.8) is 0 Å². The lowest BCUT2D eigenvalue weighted by Crippen LogP contribution is -2.41. The molecule has 0 saturated heterocycles. The number of halogens is 3. The predicted molar refractivity (Wildman–Crippen MR) is 144 cm³/mol. The van der Waals surface area contributed by atoms with E-state index < -0.39 is 0 Å². The van der Waals surface area contributed by atoms with Crippen LogP contribution in [-0.2, 0) is 0 Å². The summed E-state index contributed by atoms with van der Waals surface area (Å²) in [7, 11) is 0. The first-order chi connectivity index (χ1) is 14.7. The number of nitrogens with one attached hydrogen (secondary N) is 2. The highest BCUT2D eigenvalue weighted by atomic mass is 35.5. The van der Waals surface area contributed by atoms with Crippen LogP contribution in [0.4, 0.5) is 0 Å². The fourth-order valence-corrected chi connectivity index (χ4v) is 3.95. The van der Waals surface area contributed by atoms with Crippen LogP contribution in [0.2, 0.25) is 0 Å². The van der Waals surface area contributed by atoms with Crippen molar-refractivity contribution in [3.8, 4) is 0 Å². The third-order valence-electron chi connectivity index (χ3n) is 5.61. The Morgan fingerprint density at radius 1 is 0.667 bits per heavy atom. The molecule has 1 aliphatic heterocycles. The van der Waals surface area contributed by atoms with Crippen LogP contribution in [0.5, 0.6) is 0 Å². The van der Waals surface area contributed by atoms with Gasteiger partial charge in [0.1, 0.15) is 0 Å². The van der Waals surface area contributed by atoms with Crippen LogP contribution in [-0.4, -0.2) is 56.0 Å². The number of carbonyl (C=O) groups excluding carboxylic acids is 2. The maximum atomic E-state index is 12.8. The van der Waals surface area contributed by atoms with Gasteiger partial charge in [-0.3, -0.25) is 14.5 Å². The molecule has 3 rings (SSSR count). The van der Waals surface area contributed by atoms with Gasteiger partial charge in [0.05, 0.1) is 0 Å². The summed E-state index contributed by atoms with van der Waals surface area (Å²) in [6.07, 6.45) is 6.31. The number of imide groups is 1. The lowest BCUT2D eigenvalue weighted by molar-refractivity contribution is 0.0608. The van der Waals surface area contributed by atoms with E-state index in [1.807, 2.05) is 36.4 Å². The number of hydrogen-bond acceptors (Lipinski definition) is 5. The van der Waals surface area contributed by atoms with Gasteiger partial charge in [-0.25, -0.2) is 0 Å². The molecule has 2 amide bonds. The first kappa shape index (κ1) is 31.6. The largest absolute Gasteiger partial charge is 0.330 e. The van der Waals surface area contributed by atoms with Crippen LogP contribution in [0.1, 0.15) is 59.2 Å². The highest BCUT2D eigenvalue weighted by Gasteiger charge is 2.31. The van der Waals surface area contributed by atoms with Crippen LogP contribution >= 0.6 is 37.2 Å². The Hall–Kier alpha value is -1.41. The molecule has 1 aliphatic rings. The van der Waals surface area contributed by atoms with Crippen LogP contribution in [0, 0.1) is 0 Å². The summed E-state index contributed by atoms with van der Waals surface area (Å²) in [5.41, 5.74) is 6.75. The Balaban J connectivity index is 0.00000341. The van der Waals surface area contributed by atoms with Crippen LogP contribution < -0.4 is 16.4 Å². The number of nitrogens with zero attached hydrogens (tertiary/aromatic N) is 1. The van der Waals surface area contributed by atoms with Gasteiger partial charge in [0.2, 0.25) is 0 Å². The summed E-state index contributed by atoms with van der Waals surface area (Å²) >= 11 is 0. The van der Waals surface area contributed by atoms with Crippen molar-refractivity contribution >= 4 is 59.8 Å². The predicted octanol–water partition coefficient (Wildman–Crippen LogP) is 4.18. The molecule has 0 aromatic heterocycles. The molecular weight excluding hydrogens is 483 g/mol. The maximum absolute atomic E-state index is 12.8. The van der Waals surface area contributed by atoms with Crippen LogP contribution in [0.3, 0.4) is 0 Å². The Kier molecular flexibility index (Phi) is 16.4. The van der Waals surface area contributed by atoms with Crippen molar-refractivity contribution in [2.75, 3.05) is 39.3 Å². The van der Waals surface area contributed by atoms with Crippen molar-refractivity contribution in [1.82, 2.24) is 15.5 Å². The second kappa shape index (κ2) is 17.1. The third kappa shape index (κ3) is 8.71. The first-order valence-corrected chi connectivity index (χ1v) is 11.2. The van der Waals surface area contributed by atoms with Crippen molar-refractivity contribution in [2.45, 2.75) is 38.5 Å². The molecule has 33 heavy (non-hydrogen) atoms. The minimum atomic E-state index is -0.170. The van der Waals surface area contributed by atoms with Crippen molar-refractivity contribution < 1.29 is 9.59 Å². The third-order valence-corrected chi connectivity index (χ3v) is 5.61. The molecule has 0 spiro atoms. The molecular formula is C24H37Cl3N4O2. The topological polar surface area (TPSA) is 87.5 Å². The van der Waals surface area contributed by atoms with Gasteiger partial charge in [0.25, 0.3) is 11.8 Å². The fraction of sp³-hybridized carbons (Fsp3) is 0.500. The molecule has 0 fully saturated rings. The summed E-state index contributed by atoms with van der Waals surface area (Å²) in [4.78, 5) is 27.1. The van der Waals surface area contributed by atoms with Crippen LogP contribution in [0.25, 0.3) is 10.8 Å². The van der Waals surface area contributed by atoms with E-state index in [0.29, 0.717) is 17.7 Å². The standard InChI is InChI=1S/C24H34N4O2.3ClH/c25-13-1-2-14-26-15-3-4-16-27-17-5-6-18-28-23(29)20-11-7-9-19-10-8-12-21(22(19)20)24(28)30;;;/h7-12,26-27H,1-6,13-18,25H2;3*1H. The van der Waals surface area contributed by atoms with Gasteiger partial charge in [-0.2, -0.15) is 0 Å². The van der Waals surface area contributed by atoms with E-state index in [1.165, 1.54) is 4.90 Å². The zero-order valence-electron chi connectivity index (χ0n) is 19.0. The SMILES string of the molecule is Cl.Cl.Cl.NCCCCNCCCCNCCCCN1C(=O)c2cccc3cccc(c23)C1=O. The number of unbranched alkanes of at least 4 members (excludes halogenated alkanes) is 3. The number of amides is 2. The van der Waals surface area contributed by atoms with E-state index >= 15 is 0 Å². The molecule has 4 N–H and O–H groups in total. The second-order valence-electron chi connectivity index (χ2n) is 7.88. The average Bonchev–Trinajstić information content (AvgIpc) is 2.77. The van der Waals surface area contributed by atoms with Gasteiger partial charge in [0.15, 0.2) is 0 Å². The molecule has 0 saturated carbocycles. The summed E-state index contributed by atoms with van der Waals surface area (Å²) in [5.74, 6) is -0.340. The first-order valence-electron chi connectivity index (χ1n) is 11.2. The molecule has 0 atom stereocenters. The molecule has 0 unspecified atom stereocenters. The van der Waals surface area contributed by atoms with Gasteiger partial charge in [-0.05, 0) is 88.8 Å².